The molecular weight excluding hydrogens is 779 g/mol. The van der Waals surface area contributed by atoms with E-state index < -0.39 is 6.10 Å². The molecule has 9 heteroatoms. The molecule has 0 rings (SSSR count). The molecule has 2 unspecified atom stereocenters. The number of carbonyl (C=O) groups is 1. The van der Waals surface area contributed by atoms with Crippen LogP contribution < -0.4 is 24.8 Å². The molecule has 2 N–H and O–H groups in total. The van der Waals surface area contributed by atoms with Gasteiger partial charge in [-0.2, -0.15) is 0 Å². The van der Waals surface area contributed by atoms with Crippen molar-refractivity contribution in [2.24, 2.45) is 0 Å². The van der Waals surface area contributed by atoms with Crippen molar-refractivity contribution < 1.29 is 58.3 Å². The SMILES string of the molecule is CCCCCCCCCCCCCCCCCCCCCC(=O)OCC(O)C[N+](C)(C)C.CCCCCCCCCCCCCCCCOCC(O)C[N+](C)(C)C.[Cl-].[Cl-]. The Balaban J connectivity index is -0.000000510. The van der Waals surface area contributed by atoms with E-state index in [0.717, 1.165) is 36.9 Å². The normalized spacial score (nSPS) is 12.6. The lowest BCUT2D eigenvalue weighted by atomic mass is 10.0. The number of hydrogen-bond donors (Lipinski definition) is 2. The maximum atomic E-state index is 11.8. The molecule has 0 spiro atoms. The van der Waals surface area contributed by atoms with E-state index in [1.807, 2.05) is 21.1 Å². The molecule has 0 aromatic rings. The van der Waals surface area contributed by atoms with E-state index in [2.05, 4.69) is 35.0 Å². The van der Waals surface area contributed by atoms with Gasteiger partial charge in [0.15, 0.2) is 0 Å². The van der Waals surface area contributed by atoms with Crippen molar-refractivity contribution in [3.05, 3.63) is 0 Å². The molecule has 59 heavy (non-hydrogen) atoms. The zero-order valence-electron chi connectivity index (χ0n) is 41.0. The van der Waals surface area contributed by atoms with Gasteiger partial charge in [0.1, 0.15) is 31.9 Å². The topological polar surface area (TPSA) is 76.0 Å². The van der Waals surface area contributed by atoms with Crippen LogP contribution in [0.25, 0.3) is 0 Å². The van der Waals surface area contributed by atoms with Crippen molar-refractivity contribution in [2.45, 2.75) is 244 Å². The highest BCUT2D eigenvalue weighted by molar-refractivity contribution is 5.69. The molecule has 7 nitrogen and oxygen atoms in total. The Kier molecular flexibility index (Phi) is 54.2. The molecule has 0 aliphatic rings. The van der Waals surface area contributed by atoms with Crippen LogP contribution in [0.5, 0.6) is 0 Å². The van der Waals surface area contributed by atoms with E-state index in [1.54, 1.807) is 0 Å². The van der Waals surface area contributed by atoms with Gasteiger partial charge in [0.05, 0.1) is 48.9 Å². The monoisotopic (exact) mass is 885 g/mol. The molecule has 0 saturated carbocycles. The second-order valence-corrected chi connectivity index (χ2v) is 19.7. The fraction of sp³-hybridized carbons (Fsp3) is 0.980. The van der Waals surface area contributed by atoms with Crippen LogP contribution in [-0.4, -0.2) is 113 Å². The van der Waals surface area contributed by atoms with Crippen LogP contribution in [-0.2, 0) is 14.3 Å². The van der Waals surface area contributed by atoms with Gasteiger partial charge >= 0.3 is 5.97 Å². The summed E-state index contributed by atoms with van der Waals surface area (Å²) in [5, 5.41) is 19.7. The van der Waals surface area contributed by atoms with Gasteiger partial charge in [0.2, 0.25) is 0 Å². The minimum Gasteiger partial charge on any atom is -1.00 e. The summed E-state index contributed by atoms with van der Waals surface area (Å²) < 4.78 is 12.2. The minimum atomic E-state index is -0.580. The van der Waals surface area contributed by atoms with Crippen LogP contribution in [0, 0.1) is 0 Å². The molecule has 0 fully saturated rings. The molecule has 0 aromatic heterocycles. The molecular formula is C50H106Cl2N2O5. The summed E-state index contributed by atoms with van der Waals surface area (Å²) in [4.78, 5) is 11.8. The molecule has 0 amide bonds. The molecule has 0 aliphatic carbocycles. The number of halogens is 2. The first-order chi connectivity index (χ1) is 27.3. The highest BCUT2D eigenvalue weighted by Crippen LogP contribution is 2.16. The Hall–Kier alpha value is -0.150. The van der Waals surface area contributed by atoms with Crippen LogP contribution in [0.2, 0.25) is 0 Å². The molecule has 0 saturated heterocycles. The number of quaternary nitrogens is 2. The van der Waals surface area contributed by atoms with Crippen LogP contribution in [0.3, 0.4) is 0 Å². The number of likely N-dealkylation sites (N-methyl/N-ethyl adjacent to an activating group) is 2. The van der Waals surface area contributed by atoms with Gasteiger partial charge in [-0.15, -0.1) is 0 Å². The molecule has 0 bridgehead atoms. The first kappa shape index (κ1) is 65.5. The van der Waals surface area contributed by atoms with Crippen LogP contribution >= 0.6 is 0 Å². The van der Waals surface area contributed by atoms with Gasteiger partial charge in [0.25, 0.3) is 0 Å². The Morgan fingerprint density at radius 1 is 0.407 bits per heavy atom. The zero-order valence-corrected chi connectivity index (χ0v) is 42.5. The lowest BCUT2D eigenvalue weighted by molar-refractivity contribution is -0.873. The van der Waals surface area contributed by atoms with Gasteiger partial charge in [-0.05, 0) is 12.8 Å². The van der Waals surface area contributed by atoms with Crippen LogP contribution in [0.4, 0.5) is 0 Å². The highest BCUT2D eigenvalue weighted by atomic mass is 35.5. The Bertz CT molecular complexity index is 809. The number of ether oxygens (including phenoxy) is 2. The van der Waals surface area contributed by atoms with E-state index in [9.17, 15) is 15.0 Å². The van der Waals surface area contributed by atoms with Gasteiger partial charge in [-0.3, -0.25) is 4.79 Å². The number of rotatable bonds is 43. The average Bonchev–Trinajstić information content (AvgIpc) is 3.13. The summed E-state index contributed by atoms with van der Waals surface area (Å²) in [5.74, 6) is -0.169. The number of nitrogens with zero attached hydrogens (tertiary/aromatic N) is 2. The second-order valence-electron chi connectivity index (χ2n) is 19.7. The van der Waals surface area contributed by atoms with Crippen molar-refractivity contribution in [1.82, 2.24) is 0 Å². The fourth-order valence-electron chi connectivity index (χ4n) is 7.60. The van der Waals surface area contributed by atoms with Gasteiger partial charge < -0.3 is 53.5 Å². The second kappa shape index (κ2) is 48.9. The van der Waals surface area contributed by atoms with Gasteiger partial charge in [-0.1, -0.05) is 213 Å². The molecule has 2 atom stereocenters. The van der Waals surface area contributed by atoms with Crippen LogP contribution in [0.15, 0.2) is 0 Å². The molecule has 0 aliphatic heterocycles. The van der Waals surface area contributed by atoms with Crippen molar-refractivity contribution in [2.75, 3.05) is 75.2 Å². The summed E-state index contributed by atoms with van der Waals surface area (Å²) in [5.41, 5.74) is 0. The van der Waals surface area contributed by atoms with Gasteiger partial charge in [0, 0.05) is 13.0 Å². The number of aliphatic hydroxyl groups excluding tert-OH is 2. The van der Waals surface area contributed by atoms with E-state index in [-0.39, 0.29) is 43.5 Å². The average molecular weight is 886 g/mol. The first-order valence-electron chi connectivity index (χ1n) is 25.0. The Labute approximate surface area is 382 Å². The maximum Gasteiger partial charge on any atom is 0.305 e. The summed E-state index contributed by atoms with van der Waals surface area (Å²) >= 11 is 0. The van der Waals surface area contributed by atoms with E-state index in [4.69, 9.17) is 9.47 Å². The molecule has 0 radical (unpaired) electrons. The fourth-order valence-corrected chi connectivity index (χ4v) is 7.60. The first-order valence-corrected chi connectivity index (χ1v) is 25.0. The van der Waals surface area contributed by atoms with E-state index in [0.29, 0.717) is 24.1 Å². The number of hydrogen-bond acceptors (Lipinski definition) is 5. The highest BCUT2D eigenvalue weighted by Gasteiger charge is 2.17. The summed E-state index contributed by atoms with van der Waals surface area (Å²) in [7, 11) is 12.3. The minimum absolute atomic E-state index is 0. The van der Waals surface area contributed by atoms with Crippen molar-refractivity contribution in [3.63, 3.8) is 0 Å². The zero-order chi connectivity index (χ0) is 42.7. The predicted molar refractivity (Wildman–Crippen MR) is 248 cm³/mol. The lowest BCUT2D eigenvalue weighted by Crippen LogP contribution is -3.00. The maximum absolute atomic E-state index is 11.8. The Morgan fingerprint density at radius 2 is 0.661 bits per heavy atom. The smallest absolute Gasteiger partial charge is 0.305 e. The number of unbranched alkanes of at least 4 members (excludes halogenated alkanes) is 31. The largest absolute Gasteiger partial charge is 1.00 e. The number of carbonyl (C=O) groups excluding carboxylic acids is 1. The number of esters is 1. The third-order valence-electron chi connectivity index (χ3n) is 10.9. The standard InChI is InChI=1S/C28H58NO3.C22H48NO2.2ClH/c1-5-6-7-8-9-10-11-12-13-14-15-16-17-18-19-20-21-22-23-24-28(31)32-26-27(30)25-29(2,3)4;1-5-6-7-8-9-10-11-12-13-14-15-16-17-18-19-25-21-22(24)20-23(2,3)4;;/h27,30H,5-26H2,1-4H3;22,24H,5-21H2,1-4H3;2*1H/q2*+1;;/p-2. The molecule has 0 aromatic carbocycles. The number of aliphatic hydroxyl groups is 2. The lowest BCUT2D eigenvalue weighted by Gasteiger charge is -2.26. The Morgan fingerprint density at radius 3 is 0.949 bits per heavy atom. The van der Waals surface area contributed by atoms with Gasteiger partial charge in [-0.25, -0.2) is 0 Å². The summed E-state index contributed by atoms with van der Waals surface area (Å²) in [6.45, 7) is 7.30. The summed E-state index contributed by atoms with van der Waals surface area (Å²) in [6, 6.07) is 0. The van der Waals surface area contributed by atoms with Crippen LogP contribution in [0.1, 0.15) is 232 Å². The summed E-state index contributed by atoms with van der Waals surface area (Å²) in [6.07, 6.45) is 44.7. The van der Waals surface area contributed by atoms with E-state index in [1.165, 1.54) is 193 Å². The van der Waals surface area contributed by atoms with E-state index >= 15 is 0 Å². The predicted octanol–water partition coefficient (Wildman–Crippen LogP) is 6.98. The van der Waals surface area contributed by atoms with Crippen molar-refractivity contribution in [1.29, 1.82) is 0 Å². The third-order valence-corrected chi connectivity index (χ3v) is 10.9. The molecule has 0 heterocycles. The molecule has 360 valence electrons. The van der Waals surface area contributed by atoms with Crippen molar-refractivity contribution >= 4 is 5.97 Å². The van der Waals surface area contributed by atoms with Crippen molar-refractivity contribution in [3.8, 4) is 0 Å². The third kappa shape index (κ3) is 62.2. The quantitative estimate of drug-likeness (QED) is 0.0393.